The lowest BCUT2D eigenvalue weighted by molar-refractivity contribution is -0.142. The summed E-state index contributed by atoms with van der Waals surface area (Å²) >= 11 is 0. The summed E-state index contributed by atoms with van der Waals surface area (Å²) in [6.07, 6.45) is 6.30. The first-order chi connectivity index (χ1) is 16.8. The summed E-state index contributed by atoms with van der Waals surface area (Å²) in [6.45, 7) is 2.09. The van der Waals surface area contributed by atoms with Crippen LogP contribution in [0, 0.1) is 0 Å². The van der Waals surface area contributed by atoms with Crippen LogP contribution in [-0.4, -0.2) is 79.1 Å². The predicted octanol–water partition coefficient (Wildman–Crippen LogP) is -1.34. The van der Waals surface area contributed by atoms with Gasteiger partial charge in [-0.1, -0.05) is 0 Å². The Morgan fingerprint density at radius 2 is 1.20 bits per heavy atom. The van der Waals surface area contributed by atoms with E-state index in [1.807, 2.05) is 0 Å². The van der Waals surface area contributed by atoms with Crippen LogP contribution in [-0.2, 0) is 19.2 Å². The van der Waals surface area contributed by atoms with Gasteiger partial charge in [-0.15, -0.1) is 0 Å². The second kappa shape index (κ2) is 18.1. The number of carbonyl (C=O) groups is 4. The highest BCUT2D eigenvalue weighted by molar-refractivity contribution is 5.94. The number of carboxylic acid groups (broad SMARTS) is 1. The molecule has 202 valence electrons. The number of carbonyl (C=O) groups excluding carboxylic acids is 3. The van der Waals surface area contributed by atoms with Gasteiger partial charge in [-0.2, -0.15) is 0 Å². The number of carboxylic acids is 1. The molecule has 1 rings (SSSR count). The normalized spacial score (nSPS) is 17.9. The van der Waals surface area contributed by atoms with Gasteiger partial charge in [0.2, 0.25) is 17.7 Å². The minimum Gasteiger partial charge on any atom is -0.480 e. The molecule has 1 heterocycles. The van der Waals surface area contributed by atoms with E-state index in [4.69, 9.17) is 17.2 Å². The number of aliphatic carboxylic acids is 1. The maximum Gasteiger partial charge on any atom is 0.326 e. The van der Waals surface area contributed by atoms with Crippen LogP contribution < -0.4 is 38.5 Å². The van der Waals surface area contributed by atoms with Crippen LogP contribution >= 0.6 is 0 Å². The summed E-state index contributed by atoms with van der Waals surface area (Å²) < 4.78 is 0. The van der Waals surface area contributed by atoms with Crippen molar-refractivity contribution in [2.75, 3.05) is 26.2 Å². The molecule has 1 fully saturated rings. The van der Waals surface area contributed by atoms with Crippen LogP contribution in [0.2, 0.25) is 0 Å². The van der Waals surface area contributed by atoms with Gasteiger partial charge in [-0.3, -0.25) is 14.4 Å². The molecule has 0 unspecified atom stereocenters. The van der Waals surface area contributed by atoms with Gasteiger partial charge in [-0.05, 0) is 96.8 Å². The second-order valence-corrected chi connectivity index (χ2v) is 9.02. The Balaban J connectivity index is 2.88. The first-order valence-corrected chi connectivity index (χ1v) is 12.8. The minimum absolute atomic E-state index is 0.244. The Bertz CT molecular complexity index is 658. The van der Waals surface area contributed by atoms with Crippen molar-refractivity contribution in [3.63, 3.8) is 0 Å². The van der Waals surface area contributed by atoms with Crippen molar-refractivity contribution in [3.8, 4) is 0 Å². The van der Waals surface area contributed by atoms with Gasteiger partial charge in [0.05, 0.1) is 6.04 Å². The van der Waals surface area contributed by atoms with Gasteiger partial charge in [-0.25, -0.2) is 4.79 Å². The fourth-order valence-corrected chi connectivity index (χ4v) is 4.00. The van der Waals surface area contributed by atoms with Crippen LogP contribution in [0.25, 0.3) is 0 Å². The number of amides is 3. The lowest BCUT2D eigenvalue weighted by atomic mass is 10.0. The van der Waals surface area contributed by atoms with E-state index in [2.05, 4.69) is 21.3 Å². The van der Waals surface area contributed by atoms with Crippen molar-refractivity contribution < 1.29 is 24.3 Å². The van der Waals surface area contributed by atoms with E-state index in [0.29, 0.717) is 77.4 Å². The molecule has 0 spiro atoms. The zero-order valence-electron chi connectivity index (χ0n) is 20.7. The highest BCUT2D eigenvalue weighted by atomic mass is 16.4. The van der Waals surface area contributed by atoms with Crippen LogP contribution in [0.15, 0.2) is 0 Å². The summed E-state index contributed by atoms with van der Waals surface area (Å²) in [4.78, 5) is 50.4. The lowest BCUT2D eigenvalue weighted by Crippen LogP contribution is -2.57. The number of nitrogens with two attached hydrogens (primary N) is 3. The predicted molar refractivity (Wildman–Crippen MR) is 133 cm³/mol. The molecule has 1 saturated heterocycles. The molecule has 12 nitrogen and oxygen atoms in total. The zero-order chi connectivity index (χ0) is 26.1. The molecule has 0 aromatic carbocycles. The molecule has 1 aliphatic rings. The van der Waals surface area contributed by atoms with Crippen LogP contribution in [0.5, 0.6) is 0 Å². The van der Waals surface area contributed by atoms with Crippen molar-refractivity contribution in [2.45, 2.75) is 94.8 Å². The van der Waals surface area contributed by atoms with Crippen LogP contribution in [0.3, 0.4) is 0 Å². The topological polar surface area (TPSA) is 215 Å². The fraction of sp³-hybridized carbons (Fsp3) is 0.826. The van der Waals surface area contributed by atoms with Crippen molar-refractivity contribution >= 4 is 23.7 Å². The molecule has 0 radical (unpaired) electrons. The molecular weight excluding hydrogens is 454 g/mol. The summed E-state index contributed by atoms with van der Waals surface area (Å²) in [5.41, 5.74) is 16.6. The molecule has 11 N–H and O–H groups in total. The molecule has 0 bridgehead atoms. The van der Waals surface area contributed by atoms with Crippen molar-refractivity contribution in [1.29, 1.82) is 0 Å². The Morgan fingerprint density at radius 3 is 1.63 bits per heavy atom. The number of nitrogens with one attached hydrogen (secondary N) is 4. The Kier molecular flexibility index (Phi) is 15.9. The van der Waals surface area contributed by atoms with E-state index in [-0.39, 0.29) is 18.4 Å². The maximum atomic E-state index is 13.2. The van der Waals surface area contributed by atoms with Gasteiger partial charge >= 0.3 is 5.97 Å². The maximum absolute atomic E-state index is 13.2. The third kappa shape index (κ3) is 12.3. The van der Waals surface area contributed by atoms with E-state index < -0.39 is 35.9 Å². The molecule has 3 amide bonds. The number of hydrogen-bond acceptors (Lipinski definition) is 8. The Hall–Kier alpha value is -2.28. The summed E-state index contributed by atoms with van der Waals surface area (Å²) in [5.74, 6) is -2.43. The van der Waals surface area contributed by atoms with Gasteiger partial charge in [0, 0.05) is 0 Å². The van der Waals surface area contributed by atoms with Gasteiger partial charge in [0.1, 0.15) is 18.1 Å². The quantitative estimate of drug-likeness (QED) is 0.0986. The van der Waals surface area contributed by atoms with Gasteiger partial charge < -0.3 is 43.6 Å². The van der Waals surface area contributed by atoms with Crippen molar-refractivity contribution in [3.05, 3.63) is 0 Å². The first-order valence-electron chi connectivity index (χ1n) is 12.8. The highest BCUT2D eigenvalue weighted by Crippen LogP contribution is 2.09. The zero-order valence-corrected chi connectivity index (χ0v) is 20.7. The molecule has 1 aliphatic heterocycles. The number of hydrogen-bond donors (Lipinski definition) is 8. The SMILES string of the molecule is NCCCC[C@H](NC(=O)[C@H](CCCCN)NC(=O)[C@H](CCCCN)NC(=O)[C@@H]1CCCN1)C(=O)O. The largest absolute Gasteiger partial charge is 0.480 e. The molecule has 0 saturated carbocycles. The molecule has 0 aromatic rings. The smallest absolute Gasteiger partial charge is 0.326 e. The molecule has 35 heavy (non-hydrogen) atoms. The van der Waals surface area contributed by atoms with E-state index >= 15 is 0 Å². The highest BCUT2D eigenvalue weighted by Gasteiger charge is 2.31. The Labute approximate surface area is 207 Å². The second-order valence-electron chi connectivity index (χ2n) is 9.02. The lowest BCUT2D eigenvalue weighted by Gasteiger charge is -2.25. The number of rotatable bonds is 19. The van der Waals surface area contributed by atoms with Crippen molar-refractivity contribution in [2.24, 2.45) is 17.2 Å². The van der Waals surface area contributed by atoms with Crippen LogP contribution in [0.4, 0.5) is 0 Å². The number of unbranched alkanes of at least 4 members (excludes halogenated alkanes) is 3. The van der Waals surface area contributed by atoms with E-state index in [9.17, 15) is 24.3 Å². The summed E-state index contributed by atoms with van der Waals surface area (Å²) in [6, 6.07) is -3.17. The van der Waals surface area contributed by atoms with Crippen LogP contribution in [0.1, 0.15) is 70.6 Å². The molecule has 0 aromatic heterocycles. The van der Waals surface area contributed by atoms with Crippen molar-refractivity contribution in [1.82, 2.24) is 21.3 Å². The summed E-state index contributed by atoms with van der Waals surface area (Å²) in [7, 11) is 0. The third-order valence-electron chi connectivity index (χ3n) is 6.10. The minimum atomic E-state index is -1.14. The molecule has 4 atom stereocenters. The standard InChI is InChI=1S/C23H45N7O5/c24-12-4-1-8-17(28-20(31)16-11-7-15-27-16)21(32)29-18(9-2-5-13-25)22(33)30-19(23(34)35)10-3-6-14-26/h16-19,27H,1-15,24-26H2,(H,28,31)(H,29,32)(H,30,33)(H,34,35)/t16-,17-,18-,19-/m0/s1. The third-order valence-corrected chi connectivity index (χ3v) is 6.10. The Morgan fingerprint density at radius 1 is 0.743 bits per heavy atom. The monoisotopic (exact) mass is 499 g/mol. The average molecular weight is 500 g/mol. The van der Waals surface area contributed by atoms with Gasteiger partial charge in [0.15, 0.2) is 0 Å². The molecule has 0 aliphatic carbocycles. The average Bonchev–Trinajstić information content (AvgIpc) is 3.37. The fourth-order valence-electron chi connectivity index (χ4n) is 4.00. The van der Waals surface area contributed by atoms with E-state index in [1.54, 1.807) is 0 Å². The van der Waals surface area contributed by atoms with E-state index in [1.165, 1.54) is 0 Å². The molecular formula is C23H45N7O5. The molecule has 12 heteroatoms. The summed E-state index contributed by atoms with van der Waals surface area (Å²) in [5, 5.41) is 20.7. The van der Waals surface area contributed by atoms with E-state index in [0.717, 1.165) is 13.0 Å². The first kappa shape index (κ1) is 30.8. The van der Waals surface area contributed by atoms with Gasteiger partial charge in [0.25, 0.3) is 0 Å².